The summed E-state index contributed by atoms with van der Waals surface area (Å²) in [5.41, 5.74) is 0.470. The van der Waals surface area contributed by atoms with Gasteiger partial charge in [-0.1, -0.05) is 40.2 Å². The molecule has 4 rings (SSSR count). The van der Waals surface area contributed by atoms with Crippen molar-refractivity contribution in [3.63, 3.8) is 0 Å². The minimum absolute atomic E-state index is 0.0936. The van der Waals surface area contributed by atoms with Crippen molar-refractivity contribution >= 4 is 53.0 Å². The van der Waals surface area contributed by atoms with Crippen molar-refractivity contribution in [1.82, 2.24) is 0 Å². The van der Waals surface area contributed by atoms with E-state index in [1.807, 2.05) is 79.7 Å². The van der Waals surface area contributed by atoms with E-state index in [9.17, 15) is 14.7 Å². The van der Waals surface area contributed by atoms with E-state index in [2.05, 4.69) is 20.7 Å². The van der Waals surface area contributed by atoms with Crippen LogP contribution in [-0.4, -0.2) is 78.8 Å². The highest BCUT2D eigenvalue weighted by Gasteiger charge is 2.52. The average molecular weight is 693 g/mol. The number of ether oxygens (including phenoxy) is 3. The Labute approximate surface area is 276 Å². The van der Waals surface area contributed by atoms with Gasteiger partial charge >= 0.3 is 26.2 Å². The molecular formula is C32H47B2BrO10. The van der Waals surface area contributed by atoms with Crippen molar-refractivity contribution in [3.8, 4) is 11.5 Å². The summed E-state index contributed by atoms with van der Waals surface area (Å²) < 4.78 is 38.4. The first-order valence-corrected chi connectivity index (χ1v) is 16.1. The lowest BCUT2D eigenvalue weighted by atomic mass is 9.79. The Morgan fingerprint density at radius 3 is 1.36 bits per heavy atom. The number of rotatable bonds is 8. The topological polar surface area (TPSA) is 119 Å². The molecule has 0 radical (unpaired) electrons. The second kappa shape index (κ2) is 16.3. The van der Waals surface area contributed by atoms with Crippen LogP contribution in [0.3, 0.4) is 0 Å². The molecule has 0 bridgehead atoms. The minimum Gasteiger partial charge on any atom is -0.508 e. The number of hydrogen-bond acceptors (Lipinski definition) is 10. The Kier molecular flexibility index (Phi) is 14.0. The third kappa shape index (κ3) is 11.0. The number of aromatic hydroxyl groups is 1. The van der Waals surface area contributed by atoms with Gasteiger partial charge in [0, 0.05) is 0 Å². The number of carbonyl (C=O) groups is 2. The summed E-state index contributed by atoms with van der Waals surface area (Å²) in [6.07, 6.45) is 0. The van der Waals surface area contributed by atoms with E-state index in [4.69, 9.17) is 28.1 Å². The molecule has 0 aliphatic carbocycles. The molecule has 0 saturated carbocycles. The van der Waals surface area contributed by atoms with Crippen molar-refractivity contribution in [3.05, 3.63) is 48.5 Å². The summed E-state index contributed by atoms with van der Waals surface area (Å²) in [6, 6.07) is 14.3. The van der Waals surface area contributed by atoms with Crippen molar-refractivity contribution in [2.75, 3.05) is 25.2 Å². The Balaban J connectivity index is 0.000000267. The molecule has 2 aliphatic rings. The second-order valence-corrected chi connectivity index (χ2v) is 12.9. The fourth-order valence-corrected chi connectivity index (χ4v) is 4.02. The van der Waals surface area contributed by atoms with Gasteiger partial charge in [0.2, 0.25) is 0 Å². The van der Waals surface area contributed by atoms with Crippen LogP contribution in [0.25, 0.3) is 0 Å². The first-order valence-electron chi connectivity index (χ1n) is 15.0. The zero-order chi connectivity index (χ0) is 34.1. The number of esters is 2. The van der Waals surface area contributed by atoms with Gasteiger partial charge in [-0.15, -0.1) is 0 Å². The predicted octanol–water partition coefficient (Wildman–Crippen LogP) is 4.56. The summed E-state index contributed by atoms with van der Waals surface area (Å²) in [6.45, 7) is 20.4. The largest absolute Gasteiger partial charge is 0.508 e. The summed E-state index contributed by atoms with van der Waals surface area (Å²) in [5, 5.41) is 9.52. The van der Waals surface area contributed by atoms with E-state index in [0.717, 1.165) is 10.9 Å². The molecule has 13 heteroatoms. The fourth-order valence-electron chi connectivity index (χ4n) is 3.86. The van der Waals surface area contributed by atoms with Gasteiger partial charge in [0.05, 0.1) is 35.6 Å². The highest BCUT2D eigenvalue weighted by molar-refractivity contribution is 9.09. The molecule has 2 heterocycles. The summed E-state index contributed by atoms with van der Waals surface area (Å²) >= 11 is 2.94. The third-order valence-corrected chi connectivity index (χ3v) is 8.36. The second-order valence-electron chi connectivity index (χ2n) is 12.4. The molecule has 10 nitrogen and oxygen atoms in total. The summed E-state index contributed by atoms with van der Waals surface area (Å²) in [5.74, 6) is 0.272. The van der Waals surface area contributed by atoms with Crippen LogP contribution in [-0.2, 0) is 37.7 Å². The van der Waals surface area contributed by atoms with Gasteiger partial charge in [0.25, 0.3) is 0 Å². The quantitative estimate of drug-likeness (QED) is 0.240. The fraction of sp³-hybridized carbons (Fsp3) is 0.562. The van der Waals surface area contributed by atoms with E-state index >= 15 is 0 Å². The highest BCUT2D eigenvalue weighted by Crippen LogP contribution is 2.37. The zero-order valence-corrected chi connectivity index (χ0v) is 29.7. The number of alkyl halides is 1. The first kappa shape index (κ1) is 38.6. The average Bonchev–Trinajstić information content (AvgIpc) is 3.32. The van der Waals surface area contributed by atoms with E-state index in [1.165, 1.54) is 0 Å². The van der Waals surface area contributed by atoms with Crippen LogP contribution >= 0.6 is 15.9 Å². The monoisotopic (exact) mass is 692 g/mol. The molecule has 0 aromatic heterocycles. The number of carbonyl (C=O) groups excluding carboxylic acids is 2. The molecule has 2 fully saturated rings. The summed E-state index contributed by atoms with van der Waals surface area (Å²) in [4.78, 5) is 21.4. The molecule has 0 atom stereocenters. The molecule has 0 spiro atoms. The third-order valence-electron chi connectivity index (χ3n) is 7.90. The Morgan fingerprint density at radius 2 is 1.02 bits per heavy atom. The minimum atomic E-state index is -0.399. The van der Waals surface area contributed by atoms with E-state index in [0.29, 0.717) is 24.3 Å². The normalized spacial score (nSPS) is 18.6. The molecule has 1 N–H and O–H groups in total. The number of phenolic OH excluding ortho intramolecular Hbond substituents is 1. The molecule has 45 heavy (non-hydrogen) atoms. The van der Waals surface area contributed by atoms with Gasteiger partial charge in [0.15, 0.2) is 6.61 Å². The molecule has 248 valence electrons. The molecule has 0 unspecified atom stereocenters. The van der Waals surface area contributed by atoms with Crippen LogP contribution in [0.4, 0.5) is 0 Å². The maximum atomic E-state index is 11.2. The number of benzene rings is 2. The van der Waals surface area contributed by atoms with Crippen molar-refractivity contribution in [2.24, 2.45) is 0 Å². The van der Waals surface area contributed by atoms with Crippen molar-refractivity contribution in [1.29, 1.82) is 0 Å². The SMILES string of the molecule is CC1(C)OB(c2ccc(O)cc2)OC1(C)C.CCOC(=O)CBr.CCOC(=O)COc1ccc(B2OC(C)(C)C(C)(C)O2)cc1. The van der Waals surface area contributed by atoms with Gasteiger partial charge in [-0.2, -0.15) is 0 Å². The standard InChI is InChI=1S/C16H23BO5.C12H17BO3.C4H7BrO2/c1-6-19-14(18)11-20-13-9-7-12(8-10-13)17-21-15(2,3)16(4,5)22-17;1-11(2)12(3,4)16-13(15-11)9-5-7-10(14)8-6-9;1-2-7-4(6)3-5/h7-10H,6,11H2,1-5H3;5-8,14H,1-4H3;2-3H2,1H3. The van der Waals surface area contributed by atoms with Crippen LogP contribution in [0.2, 0.25) is 0 Å². The van der Waals surface area contributed by atoms with Crippen molar-refractivity contribution < 1.29 is 47.5 Å². The van der Waals surface area contributed by atoms with Crippen LogP contribution in [0.5, 0.6) is 11.5 Å². The lowest BCUT2D eigenvalue weighted by Crippen LogP contribution is -2.41. The smallest absolute Gasteiger partial charge is 0.494 e. The molecule has 2 aliphatic heterocycles. The predicted molar refractivity (Wildman–Crippen MR) is 179 cm³/mol. The lowest BCUT2D eigenvalue weighted by Gasteiger charge is -2.32. The molecule has 2 aromatic carbocycles. The van der Waals surface area contributed by atoms with E-state index in [1.54, 1.807) is 38.1 Å². The van der Waals surface area contributed by atoms with Gasteiger partial charge < -0.3 is 37.9 Å². The highest BCUT2D eigenvalue weighted by atomic mass is 79.9. The summed E-state index contributed by atoms with van der Waals surface area (Å²) in [7, 11) is -0.755. The lowest BCUT2D eigenvalue weighted by molar-refractivity contribution is -0.145. The Hall–Kier alpha value is -2.57. The maximum absolute atomic E-state index is 11.2. The zero-order valence-electron chi connectivity index (χ0n) is 28.1. The van der Waals surface area contributed by atoms with E-state index in [-0.39, 0.29) is 53.8 Å². The Morgan fingerprint density at radius 1 is 0.667 bits per heavy atom. The van der Waals surface area contributed by atoms with Crippen LogP contribution in [0, 0.1) is 0 Å². The van der Waals surface area contributed by atoms with Gasteiger partial charge in [-0.3, -0.25) is 4.79 Å². The van der Waals surface area contributed by atoms with Gasteiger partial charge in [-0.25, -0.2) is 4.79 Å². The van der Waals surface area contributed by atoms with Crippen LogP contribution in [0.1, 0.15) is 69.2 Å². The molecule has 0 amide bonds. The number of hydrogen-bond donors (Lipinski definition) is 1. The molecule has 2 aromatic rings. The number of halogens is 1. The first-order chi connectivity index (χ1) is 20.9. The maximum Gasteiger partial charge on any atom is 0.494 e. The van der Waals surface area contributed by atoms with Crippen molar-refractivity contribution in [2.45, 2.75) is 91.6 Å². The molecular weight excluding hydrogens is 646 g/mol. The van der Waals surface area contributed by atoms with E-state index < -0.39 is 7.12 Å². The number of phenols is 1. The Bertz CT molecular complexity index is 1200. The van der Waals surface area contributed by atoms with Gasteiger partial charge in [0.1, 0.15) is 16.8 Å². The van der Waals surface area contributed by atoms with Crippen LogP contribution < -0.4 is 15.7 Å². The molecule has 2 saturated heterocycles. The van der Waals surface area contributed by atoms with Gasteiger partial charge in [-0.05, 0) is 104 Å². The van der Waals surface area contributed by atoms with Crippen LogP contribution in [0.15, 0.2) is 48.5 Å².